The molecule has 0 atom stereocenters. The van der Waals surface area contributed by atoms with Gasteiger partial charge in [-0.25, -0.2) is 0 Å². The highest BCUT2D eigenvalue weighted by atomic mass is 32.1. The minimum absolute atomic E-state index is 0.0651. The number of nitrogens with zero attached hydrogens (tertiary/aromatic N) is 1. The summed E-state index contributed by atoms with van der Waals surface area (Å²) in [5.74, 6) is -0.615. The van der Waals surface area contributed by atoms with E-state index >= 15 is 0 Å². The fourth-order valence-electron chi connectivity index (χ4n) is 4.02. The molecule has 0 aliphatic carbocycles. The van der Waals surface area contributed by atoms with E-state index in [4.69, 9.17) is 0 Å². The number of carbonyl (C=O) groups is 3. The van der Waals surface area contributed by atoms with Crippen LogP contribution in [0.3, 0.4) is 0 Å². The Morgan fingerprint density at radius 1 is 0.788 bits per heavy atom. The van der Waals surface area contributed by atoms with Crippen molar-refractivity contribution in [3.05, 3.63) is 117 Å². The lowest BCUT2D eigenvalue weighted by Crippen LogP contribution is -2.28. The smallest absolute Gasteiger partial charge is 0.258 e. The van der Waals surface area contributed by atoms with Crippen LogP contribution in [0.1, 0.15) is 41.5 Å². The molecule has 0 bridgehead atoms. The number of fused-ring (bicyclic) bond motifs is 1. The summed E-state index contributed by atoms with van der Waals surface area (Å²) in [7, 11) is 0. The number of hydrogen-bond donors (Lipinski definition) is 1. The summed E-state index contributed by atoms with van der Waals surface area (Å²) in [6.07, 6.45) is 0.847. The van der Waals surface area contributed by atoms with Crippen molar-refractivity contribution in [3.63, 3.8) is 0 Å². The molecule has 33 heavy (non-hydrogen) atoms. The topological polar surface area (TPSA) is 66.5 Å². The number of anilines is 2. The average molecular weight is 453 g/mol. The Morgan fingerprint density at radius 2 is 1.52 bits per heavy atom. The fraction of sp³-hybridized carbons (Fsp3) is 0.0741. The van der Waals surface area contributed by atoms with Crippen molar-refractivity contribution < 1.29 is 14.4 Å². The molecule has 0 saturated heterocycles. The largest absolute Gasteiger partial charge is 0.322 e. The molecular weight excluding hydrogens is 432 g/mol. The second kappa shape index (κ2) is 8.84. The summed E-state index contributed by atoms with van der Waals surface area (Å²) in [5.41, 5.74) is 3.90. The number of rotatable bonds is 5. The highest BCUT2D eigenvalue weighted by molar-refractivity contribution is 7.12. The normalized spacial score (nSPS) is 12.3. The second-order valence-corrected chi connectivity index (χ2v) is 8.67. The van der Waals surface area contributed by atoms with Gasteiger partial charge in [-0.15, -0.1) is 11.3 Å². The van der Waals surface area contributed by atoms with Gasteiger partial charge in [0.2, 0.25) is 5.78 Å². The summed E-state index contributed by atoms with van der Waals surface area (Å²) in [4.78, 5) is 41.1. The van der Waals surface area contributed by atoms with E-state index < -0.39 is 0 Å². The highest BCUT2D eigenvalue weighted by Crippen LogP contribution is 2.29. The minimum Gasteiger partial charge on any atom is -0.322 e. The maximum absolute atomic E-state index is 13.0. The number of carbonyl (C=O) groups excluding carboxylic acids is 3. The van der Waals surface area contributed by atoms with E-state index in [0.717, 1.165) is 12.1 Å². The van der Waals surface area contributed by atoms with Crippen molar-refractivity contribution in [1.29, 1.82) is 0 Å². The van der Waals surface area contributed by atoms with Crippen molar-refractivity contribution in [2.75, 3.05) is 16.8 Å². The molecule has 1 aliphatic rings. The van der Waals surface area contributed by atoms with Crippen LogP contribution < -0.4 is 10.2 Å². The third-order valence-corrected chi connectivity index (χ3v) is 6.55. The van der Waals surface area contributed by atoms with Gasteiger partial charge in [-0.1, -0.05) is 42.5 Å². The predicted octanol–water partition coefficient (Wildman–Crippen LogP) is 5.43. The first kappa shape index (κ1) is 20.8. The third kappa shape index (κ3) is 4.08. The van der Waals surface area contributed by atoms with Gasteiger partial charge in [0.05, 0.1) is 10.4 Å². The second-order valence-electron chi connectivity index (χ2n) is 7.72. The quantitative estimate of drug-likeness (QED) is 0.411. The monoisotopic (exact) mass is 452 g/mol. The molecule has 4 aromatic rings. The average Bonchev–Trinajstić information content (AvgIpc) is 3.54. The molecule has 1 N–H and O–H groups in total. The summed E-state index contributed by atoms with van der Waals surface area (Å²) in [6.45, 7) is 0.658. The molecule has 0 spiro atoms. The zero-order chi connectivity index (χ0) is 22.8. The Bertz CT molecular complexity index is 1340. The van der Waals surface area contributed by atoms with Crippen LogP contribution in [-0.4, -0.2) is 24.1 Å². The molecule has 1 aliphatic heterocycles. The van der Waals surface area contributed by atoms with Crippen molar-refractivity contribution >= 4 is 40.3 Å². The molecule has 6 heteroatoms. The Morgan fingerprint density at radius 3 is 2.27 bits per heavy atom. The fourth-order valence-corrected chi connectivity index (χ4v) is 4.70. The highest BCUT2D eigenvalue weighted by Gasteiger charge is 2.25. The van der Waals surface area contributed by atoms with Gasteiger partial charge in [-0.05, 0) is 59.8 Å². The number of thiophene rings is 1. The molecule has 1 aromatic heterocycles. The molecule has 0 fully saturated rings. The van der Waals surface area contributed by atoms with Gasteiger partial charge in [0, 0.05) is 29.0 Å². The van der Waals surface area contributed by atoms with Crippen molar-refractivity contribution in [2.24, 2.45) is 0 Å². The number of para-hydroxylation sites is 1. The summed E-state index contributed by atoms with van der Waals surface area (Å²) >= 11 is 1.34. The molecule has 5 rings (SSSR count). The van der Waals surface area contributed by atoms with Gasteiger partial charge >= 0.3 is 0 Å². The number of ketones is 1. The van der Waals surface area contributed by atoms with E-state index in [1.165, 1.54) is 16.9 Å². The van der Waals surface area contributed by atoms with Gasteiger partial charge in [0.15, 0.2) is 0 Å². The Balaban J connectivity index is 1.32. The van der Waals surface area contributed by atoms with Crippen LogP contribution in [0.5, 0.6) is 0 Å². The minimum atomic E-state index is -0.372. The molecule has 0 saturated carbocycles. The van der Waals surface area contributed by atoms with E-state index in [0.29, 0.717) is 33.8 Å². The number of benzene rings is 3. The summed E-state index contributed by atoms with van der Waals surface area (Å²) in [6, 6.07) is 25.1. The van der Waals surface area contributed by atoms with Gasteiger partial charge in [0.25, 0.3) is 11.8 Å². The van der Waals surface area contributed by atoms with Crippen LogP contribution in [0.15, 0.2) is 90.3 Å². The lowest BCUT2D eigenvalue weighted by atomic mass is 10.0. The van der Waals surface area contributed by atoms with Gasteiger partial charge in [-0.2, -0.15) is 0 Å². The molecule has 3 aromatic carbocycles. The van der Waals surface area contributed by atoms with Crippen LogP contribution in [-0.2, 0) is 6.42 Å². The lowest BCUT2D eigenvalue weighted by Gasteiger charge is -2.17. The van der Waals surface area contributed by atoms with Crippen molar-refractivity contribution in [1.82, 2.24) is 0 Å². The maximum Gasteiger partial charge on any atom is 0.258 e. The van der Waals surface area contributed by atoms with Gasteiger partial charge in [0.1, 0.15) is 0 Å². The number of amides is 2. The zero-order valence-corrected chi connectivity index (χ0v) is 18.5. The Labute approximate surface area is 195 Å². The van der Waals surface area contributed by atoms with E-state index in [9.17, 15) is 14.4 Å². The van der Waals surface area contributed by atoms with Crippen LogP contribution in [0, 0.1) is 0 Å². The van der Waals surface area contributed by atoms with Gasteiger partial charge in [-0.3, -0.25) is 14.4 Å². The number of hydrogen-bond acceptors (Lipinski definition) is 4. The predicted molar refractivity (Wildman–Crippen MR) is 130 cm³/mol. The van der Waals surface area contributed by atoms with E-state index in [1.807, 2.05) is 35.7 Å². The van der Waals surface area contributed by atoms with Gasteiger partial charge < -0.3 is 10.2 Å². The number of nitrogens with one attached hydrogen (secondary N) is 1. The van der Waals surface area contributed by atoms with E-state index in [1.54, 1.807) is 59.5 Å². The first-order valence-corrected chi connectivity index (χ1v) is 11.5. The Hall–Kier alpha value is -4.03. The van der Waals surface area contributed by atoms with Crippen LogP contribution in [0.4, 0.5) is 11.4 Å². The Kier molecular flexibility index (Phi) is 5.59. The van der Waals surface area contributed by atoms with E-state index in [-0.39, 0.29) is 17.6 Å². The summed E-state index contributed by atoms with van der Waals surface area (Å²) < 4.78 is 0. The summed E-state index contributed by atoms with van der Waals surface area (Å²) in [5, 5.41) is 4.67. The lowest BCUT2D eigenvalue weighted by molar-refractivity contribution is 0.0988. The first-order chi connectivity index (χ1) is 16.1. The first-order valence-electron chi connectivity index (χ1n) is 10.6. The molecule has 2 amide bonds. The van der Waals surface area contributed by atoms with Crippen LogP contribution in [0.25, 0.3) is 0 Å². The van der Waals surface area contributed by atoms with Crippen molar-refractivity contribution in [3.8, 4) is 0 Å². The molecule has 162 valence electrons. The maximum atomic E-state index is 13.0. The molecule has 0 radical (unpaired) electrons. The standard InChI is InChI=1S/C27H20N2O3S/c30-25(24-10-5-17-33-24)21-7-2-3-8-22(21)26(31)28-20-13-11-19(12-14-20)27(32)29-16-15-18-6-1-4-9-23(18)29/h1-14,17H,15-16H2,(H,28,31). The molecule has 5 nitrogen and oxygen atoms in total. The SMILES string of the molecule is O=C(Nc1ccc(C(=O)N2CCc3ccccc32)cc1)c1ccccc1C(=O)c1cccs1. The van der Waals surface area contributed by atoms with Crippen LogP contribution >= 0.6 is 11.3 Å². The molecular formula is C27H20N2O3S. The molecule has 0 unspecified atom stereocenters. The third-order valence-electron chi connectivity index (χ3n) is 5.68. The van der Waals surface area contributed by atoms with Crippen LogP contribution in [0.2, 0.25) is 0 Å². The molecule has 2 heterocycles. The zero-order valence-electron chi connectivity index (χ0n) is 17.7. The van der Waals surface area contributed by atoms with E-state index in [2.05, 4.69) is 5.32 Å². The van der Waals surface area contributed by atoms with Crippen molar-refractivity contribution in [2.45, 2.75) is 6.42 Å².